The van der Waals surface area contributed by atoms with Crippen molar-refractivity contribution >= 4 is 24.0 Å². The number of benzene rings is 2. The van der Waals surface area contributed by atoms with Crippen LogP contribution in [0.5, 0.6) is 11.5 Å². The van der Waals surface area contributed by atoms with Crippen LogP contribution in [0.3, 0.4) is 0 Å². The fourth-order valence-corrected chi connectivity index (χ4v) is 2.68. The smallest absolute Gasteiger partial charge is 0.231 e. The van der Waals surface area contributed by atoms with Crippen LogP contribution in [0.2, 0.25) is 0 Å². The molecule has 0 radical (unpaired) electrons. The number of nitrogens with two attached hydrogens (primary N) is 1. The Bertz CT molecular complexity index is 737. The van der Waals surface area contributed by atoms with Gasteiger partial charge in [0.05, 0.1) is 13.0 Å². The van der Waals surface area contributed by atoms with E-state index in [0.717, 1.165) is 22.6 Å². The summed E-state index contributed by atoms with van der Waals surface area (Å²) in [7, 11) is 1.63. The quantitative estimate of drug-likeness (QED) is 0.750. The van der Waals surface area contributed by atoms with Crippen molar-refractivity contribution in [1.29, 1.82) is 0 Å². The van der Waals surface area contributed by atoms with E-state index in [1.54, 1.807) is 24.1 Å². The molecule has 0 saturated heterocycles. The van der Waals surface area contributed by atoms with Crippen molar-refractivity contribution in [2.75, 3.05) is 32.8 Å². The molecule has 0 unspecified atom stereocenters. The fraction of sp³-hybridized carbons (Fsp3) is 0.316. The molecule has 6 nitrogen and oxygen atoms in total. The number of hydrogen-bond donors (Lipinski definition) is 1. The summed E-state index contributed by atoms with van der Waals surface area (Å²) in [6.07, 6.45) is 0.328. The van der Waals surface area contributed by atoms with E-state index < -0.39 is 0 Å². The number of rotatable bonds is 7. The Morgan fingerprint density at radius 3 is 2.54 bits per heavy atom. The van der Waals surface area contributed by atoms with Crippen LogP contribution in [0.25, 0.3) is 0 Å². The number of methoxy groups -OCH3 is 1. The van der Waals surface area contributed by atoms with Gasteiger partial charge in [0.25, 0.3) is 0 Å². The summed E-state index contributed by atoms with van der Waals surface area (Å²) in [5, 5.41) is 0. The number of fused-ring (bicyclic) bond motifs is 1. The zero-order valence-electron chi connectivity index (χ0n) is 14.6. The van der Waals surface area contributed by atoms with E-state index in [1.807, 2.05) is 30.3 Å². The van der Waals surface area contributed by atoms with Gasteiger partial charge in [-0.25, -0.2) is 0 Å². The lowest BCUT2D eigenvalue weighted by Crippen LogP contribution is -2.34. The molecule has 0 aromatic heterocycles. The van der Waals surface area contributed by atoms with E-state index in [4.69, 9.17) is 19.9 Å². The number of nitrogen functional groups attached to an aromatic ring is 1. The molecular formula is C19H23ClN2O4. The van der Waals surface area contributed by atoms with Crippen molar-refractivity contribution in [2.24, 2.45) is 0 Å². The minimum atomic E-state index is 0. The first-order chi connectivity index (χ1) is 12.2. The van der Waals surface area contributed by atoms with Gasteiger partial charge in [-0.1, -0.05) is 18.2 Å². The average Bonchev–Trinajstić information content (AvgIpc) is 3.08. The van der Waals surface area contributed by atoms with E-state index in [2.05, 4.69) is 0 Å². The summed E-state index contributed by atoms with van der Waals surface area (Å²) in [5.41, 5.74) is 8.31. The van der Waals surface area contributed by atoms with Crippen LogP contribution in [0, 0.1) is 0 Å². The van der Waals surface area contributed by atoms with E-state index in [9.17, 15) is 4.79 Å². The average molecular weight is 379 g/mol. The van der Waals surface area contributed by atoms with Gasteiger partial charge < -0.3 is 24.8 Å². The highest BCUT2D eigenvalue weighted by Gasteiger charge is 2.18. The van der Waals surface area contributed by atoms with Gasteiger partial charge in [0.1, 0.15) is 0 Å². The van der Waals surface area contributed by atoms with Crippen LogP contribution in [0.1, 0.15) is 11.1 Å². The van der Waals surface area contributed by atoms with Crippen molar-refractivity contribution in [3.63, 3.8) is 0 Å². The van der Waals surface area contributed by atoms with Crippen molar-refractivity contribution in [2.45, 2.75) is 13.0 Å². The Hall–Kier alpha value is -2.44. The van der Waals surface area contributed by atoms with Gasteiger partial charge in [-0.15, -0.1) is 12.4 Å². The van der Waals surface area contributed by atoms with Gasteiger partial charge in [0, 0.05) is 25.9 Å². The van der Waals surface area contributed by atoms with E-state index in [1.165, 1.54) is 0 Å². The molecule has 7 heteroatoms. The largest absolute Gasteiger partial charge is 0.454 e. The predicted molar refractivity (Wildman–Crippen MR) is 102 cm³/mol. The molecule has 0 atom stereocenters. The van der Waals surface area contributed by atoms with Gasteiger partial charge in [-0.05, 0) is 35.4 Å². The van der Waals surface area contributed by atoms with Crippen molar-refractivity contribution < 1.29 is 19.0 Å². The first kappa shape index (κ1) is 19.9. The number of amides is 1. The second kappa shape index (κ2) is 9.31. The van der Waals surface area contributed by atoms with E-state index >= 15 is 0 Å². The number of carbonyl (C=O) groups excluding carboxylic acids is 1. The highest BCUT2D eigenvalue weighted by molar-refractivity contribution is 5.85. The maximum Gasteiger partial charge on any atom is 0.231 e. The monoisotopic (exact) mass is 378 g/mol. The molecule has 3 rings (SSSR count). The normalized spacial score (nSPS) is 11.7. The zero-order chi connectivity index (χ0) is 17.6. The zero-order valence-corrected chi connectivity index (χ0v) is 15.5. The Kier molecular flexibility index (Phi) is 7.12. The Morgan fingerprint density at radius 2 is 1.81 bits per heavy atom. The summed E-state index contributed by atoms with van der Waals surface area (Å²) in [6.45, 7) is 1.74. The third-order valence-corrected chi connectivity index (χ3v) is 4.06. The molecule has 2 aromatic carbocycles. The topological polar surface area (TPSA) is 74.0 Å². The van der Waals surface area contributed by atoms with Gasteiger partial charge in [-0.2, -0.15) is 0 Å². The number of nitrogens with zero attached hydrogens (tertiary/aromatic N) is 1. The molecule has 0 bridgehead atoms. The summed E-state index contributed by atoms with van der Waals surface area (Å²) < 4.78 is 15.9. The molecule has 1 amide bonds. The first-order valence-electron chi connectivity index (χ1n) is 8.15. The fourth-order valence-electron chi connectivity index (χ4n) is 2.68. The molecular weight excluding hydrogens is 356 g/mol. The van der Waals surface area contributed by atoms with Crippen LogP contribution in [0.15, 0.2) is 42.5 Å². The predicted octanol–water partition coefficient (Wildman–Crippen LogP) is 2.64. The van der Waals surface area contributed by atoms with Crippen molar-refractivity contribution in [3.8, 4) is 11.5 Å². The van der Waals surface area contributed by atoms with Crippen LogP contribution < -0.4 is 15.2 Å². The number of hydrogen-bond acceptors (Lipinski definition) is 5. The summed E-state index contributed by atoms with van der Waals surface area (Å²) >= 11 is 0. The molecule has 2 aromatic rings. The summed E-state index contributed by atoms with van der Waals surface area (Å²) in [6, 6.07) is 13.1. The molecule has 0 spiro atoms. The minimum Gasteiger partial charge on any atom is -0.454 e. The molecule has 140 valence electrons. The second-order valence-electron chi connectivity index (χ2n) is 5.91. The first-order valence-corrected chi connectivity index (χ1v) is 8.15. The Morgan fingerprint density at radius 1 is 1.12 bits per heavy atom. The lowest BCUT2D eigenvalue weighted by atomic mass is 10.1. The standard InChI is InChI=1S/C19H22N2O4.ClH/c1-23-9-8-21(19(22)11-14-2-5-16(20)6-3-14)12-15-4-7-17-18(10-15)25-13-24-17;/h2-7,10H,8-9,11-13,20H2,1H3;1H. The number of carbonyl (C=O) groups is 1. The number of anilines is 1. The van der Waals surface area contributed by atoms with Crippen LogP contribution in [0.4, 0.5) is 5.69 Å². The maximum atomic E-state index is 12.7. The third-order valence-electron chi connectivity index (χ3n) is 4.06. The molecule has 1 heterocycles. The van der Waals surface area contributed by atoms with E-state index in [-0.39, 0.29) is 25.1 Å². The molecule has 0 aliphatic carbocycles. The molecule has 1 aliphatic heterocycles. The number of halogens is 1. The number of ether oxygens (including phenoxy) is 3. The SMILES string of the molecule is COCCN(Cc1ccc2c(c1)OCO2)C(=O)Cc1ccc(N)cc1.Cl. The Balaban J connectivity index is 0.00000243. The summed E-state index contributed by atoms with van der Waals surface area (Å²) in [5.74, 6) is 1.50. The molecule has 26 heavy (non-hydrogen) atoms. The minimum absolute atomic E-state index is 0. The lowest BCUT2D eigenvalue weighted by Gasteiger charge is -2.23. The molecule has 1 aliphatic rings. The molecule has 0 saturated carbocycles. The maximum absolute atomic E-state index is 12.7. The van der Waals surface area contributed by atoms with Gasteiger partial charge in [-0.3, -0.25) is 4.79 Å². The third kappa shape index (κ3) is 5.03. The van der Waals surface area contributed by atoms with Gasteiger partial charge in [0.15, 0.2) is 11.5 Å². The van der Waals surface area contributed by atoms with Crippen LogP contribution >= 0.6 is 12.4 Å². The Labute approximate surface area is 159 Å². The molecule has 2 N–H and O–H groups in total. The second-order valence-corrected chi connectivity index (χ2v) is 5.91. The van der Waals surface area contributed by atoms with E-state index in [0.29, 0.717) is 31.8 Å². The lowest BCUT2D eigenvalue weighted by molar-refractivity contribution is -0.131. The van der Waals surface area contributed by atoms with Crippen molar-refractivity contribution in [1.82, 2.24) is 4.90 Å². The van der Waals surface area contributed by atoms with Crippen molar-refractivity contribution in [3.05, 3.63) is 53.6 Å². The van der Waals surface area contributed by atoms with Gasteiger partial charge in [0.2, 0.25) is 12.7 Å². The summed E-state index contributed by atoms with van der Waals surface area (Å²) in [4.78, 5) is 14.5. The molecule has 0 fully saturated rings. The van der Waals surface area contributed by atoms with Crippen LogP contribution in [-0.4, -0.2) is 37.9 Å². The highest BCUT2D eigenvalue weighted by atomic mass is 35.5. The highest BCUT2D eigenvalue weighted by Crippen LogP contribution is 2.32. The van der Waals surface area contributed by atoms with Crippen LogP contribution in [-0.2, 0) is 22.5 Å². The van der Waals surface area contributed by atoms with Gasteiger partial charge >= 0.3 is 0 Å².